The van der Waals surface area contributed by atoms with Crippen LogP contribution >= 0.6 is 0 Å². The number of hydrogen-bond donors (Lipinski definition) is 3. The molecule has 6 nitrogen and oxygen atoms in total. The normalized spacial score (nSPS) is 13.5. The summed E-state index contributed by atoms with van der Waals surface area (Å²) in [5.74, 6) is -0.795. The van der Waals surface area contributed by atoms with Crippen LogP contribution in [0.15, 0.2) is 0 Å². The van der Waals surface area contributed by atoms with E-state index in [0.717, 1.165) is 25.7 Å². The Labute approximate surface area is 204 Å². The molecule has 0 aromatic heterocycles. The number of nitrogens with one attached hydrogen (secondary N) is 2. The first kappa shape index (κ1) is 31.7. The number of aliphatic carboxylic acids is 1. The van der Waals surface area contributed by atoms with Crippen LogP contribution in [0.1, 0.15) is 137 Å². The highest BCUT2D eigenvalue weighted by atomic mass is 16.6. The summed E-state index contributed by atoms with van der Waals surface area (Å²) < 4.78 is 5.20. The fourth-order valence-corrected chi connectivity index (χ4v) is 3.97. The minimum atomic E-state index is -0.795. The number of carboxylic acids is 1. The van der Waals surface area contributed by atoms with E-state index in [1.807, 2.05) is 20.8 Å². The number of amides is 1. The summed E-state index contributed by atoms with van der Waals surface area (Å²) in [4.78, 5) is 23.2. The summed E-state index contributed by atoms with van der Waals surface area (Å²) in [6, 6.07) is -0.326. The summed E-state index contributed by atoms with van der Waals surface area (Å²) in [5.41, 5.74) is -0.508. The van der Waals surface area contributed by atoms with E-state index in [-0.39, 0.29) is 6.04 Å². The summed E-state index contributed by atoms with van der Waals surface area (Å²) in [7, 11) is 0. The van der Waals surface area contributed by atoms with Gasteiger partial charge in [-0.25, -0.2) is 4.79 Å². The molecule has 0 rings (SSSR count). The predicted molar refractivity (Wildman–Crippen MR) is 138 cm³/mol. The zero-order valence-electron chi connectivity index (χ0n) is 22.3. The van der Waals surface area contributed by atoms with Gasteiger partial charge in [0.05, 0.1) is 0 Å². The van der Waals surface area contributed by atoms with Crippen molar-refractivity contribution in [2.75, 3.05) is 6.54 Å². The molecule has 196 valence electrons. The third-order valence-corrected chi connectivity index (χ3v) is 5.86. The predicted octanol–water partition coefficient (Wildman–Crippen LogP) is 7.20. The second kappa shape index (κ2) is 20.1. The zero-order chi connectivity index (χ0) is 25.0. The highest BCUT2D eigenvalue weighted by Gasteiger charge is 2.19. The van der Waals surface area contributed by atoms with Gasteiger partial charge in [0.25, 0.3) is 0 Å². The van der Waals surface area contributed by atoms with Gasteiger partial charge in [-0.3, -0.25) is 4.79 Å². The summed E-state index contributed by atoms with van der Waals surface area (Å²) in [6.07, 6.45) is 18.6. The van der Waals surface area contributed by atoms with E-state index in [1.165, 1.54) is 70.6 Å². The van der Waals surface area contributed by atoms with Gasteiger partial charge in [0.15, 0.2) is 0 Å². The van der Waals surface area contributed by atoms with Gasteiger partial charge >= 0.3 is 12.1 Å². The second-order valence-electron chi connectivity index (χ2n) is 10.6. The van der Waals surface area contributed by atoms with E-state index in [2.05, 4.69) is 24.5 Å². The van der Waals surface area contributed by atoms with Gasteiger partial charge in [0, 0.05) is 12.6 Å². The molecule has 0 spiro atoms. The Balaban J connectivity index is 3.73. The molecule has 0 aliphatic carbocycles. The highest BCUT2D eigenvalue weighted by Crippen LogP contribution is 2.13. The fourth-order valence-electron chi connectivity index (χ4n) is 3.97. The van der Waals surface area contributed by atoms with Crippen LogP contribution in [0.5, 0.6) is 0 Å². The Kier molecular flexibility index (Phi) is 19.3. The van der Waals surface area contributed by atoms with Crippen LogP contribution in [-0.4, -0.2) is 41.4 Å². The molecular formula is C27H54N2O4. The standard InChI is InChI=1S/C27H54N2O4/c1-6-7-8-9-10-11-12-13-14-15-16-17-20-23(2)29-24(25(30)31)21-18-19-22-28-26(32)33-27(3,4)5/h23-24,29H,6-22H2,1-5H3,(H,28,32)(H,30,31)/t23?,24-/m0/s1. The number of carboxylic acid groups (broad SMARTS) is 1. The number of carbonyl (C=O) groups is 2. The minimum absolute atomic E-state index is 0.203. The van der Waals surface area contributed by atoms with Gasteiger partial charge in [-0.15, -0.1) is 0 Å². The van der Waals surface area contributed by atoms with Crippen molar-refractivity contribution in [3.8, 4) is 0 Å². The Morgan fingerprint density at radius 3 is 1.76 bits per heavy atom. The Bertz CT molecular complexity index is 491. The molecule has 6 heteroatoms. The topological polar surface area (TPSA) is 87.7 Å². The summed E-state index contributed by atoms with van der Waals surface area (Å²) in [5, 5.41) is 15.5. The molecule has 1 amide bonds. The maximum absolute atomic E-state index is 11.6. The van der Waals surface area contributed by atoms with Crippen molar-refractivity contribution in [3.63, 3.8) is 0 Å². The van der Waals surface area contributed by atoms with Gasteiger partial charge in [0.2, 0.25) is 0 Å². The highest BCUT2D eigenvalue weighted by molar-refractivity contribution is 5.73. The van der Waals surface area contributed by atoms with Crippen molar-refractivity contribution in [1.29, 1.82) is 0 Å². The number of ether oxygens (including phenoxy) is 1. The van der Waals surface area contributed by atoms with Crippen LogP contribution in [0.3, 0.4) is 0 Å². The van der Waals surface area contributed by atoms with E-state index in [1.54, 1.807) is 0 Å². The third-order valence-electron chi connectivity index (χ3n) is 5.86. The molecule has 0 fully saturated rings. The summed E-state index contributed by atoms with van der Waals surface area (Å²) >= 11 is 0. The average molecular weight is 471 g/mol. The van der Waals surface area contributed by atoms with E-state index >= 15 is 0 Å². The fraction of sp³-hybridized carbons (Fsp3) is 0.926. The molecular weight excluding hydrogens is 416 g/mol. The van der Waals surface area contributed by atoms with E-state index in [9.17, 15) is 14.7 Å². The first-order chi connectivity index (χ1) is 15.7. The average Bonchev–Trinajstić information content (AvgIpc) is 2.72. The van der Waals surface area contributed by atoms with Crippen LogP contribution in [0.4, 0.5) is 4.79 Å². The van der Waals surface area contributed by atoms with Gasteiger partial charge in [-0.2, -0.15) is 0 Å². The number of hydrogen-bond acceptors (Lipinski definition) is 4. The molecule has 3 N–H and O–H groups in total. The van der Waals surface area contributed by atoms with Gasteiger partial charge < -0.3 is 20.5 Å². The van der Waals surface area contributed by atoms with Crippen LogP contribution in [-0.2, 0) is 9.53 Å². The van der Waals surface area contributed by atoms with Crippen molar-refractivity contribution < 1.29 is 19.4 Å². The van der Waals surface area contributed by atoms with Crippen molar-refractivity contribution >= 4 is 12.1 Å². The molecule has 0 aromatic carbocycles. The Morgan fingerprint density at radius 2 is 1.27 bits per heavy atom. The van der Waals surface area contributed by atoms with Crippen molar-refractivity contribution in [3.05, 3.63) is 0 Å². The molecule has 2 atom stereocenters. The summed E-state index contributed by atoms with van der Waals surface area (Å²) in [6.45, 7) is 10.3. The number of alkyl carbamates (subject to hydrolysis) is 1. The first-order valence-electron chi connectivity index (χ1n) is 13.6. The molecule has 0 aromatic rings. The third kappa shape index (κ3) is 22.3. The van der Waals surface area contributed by atoms with E-state index in [4.69, 9.17) is 4.74 Å². The monoisotopic (exact) mass is 470 g/mol. The molecule has 33 heavy (non-hydrogen) atoms. The zero-order valence-corrected chi connectivity index (χ0v) is 22.3. The van der Waals surface area contributed by atoms with E-state index in [0.29, 0.717) is 13.0 Å². The minimum Gasteiger partial charge on any atom is -0.480 e. The molecule has 0 saturated carbocycles. The Morgan fingerprint density at radius 1 is 0.788 bits per heavy atom. The van der Waals surface area contributed by atoms with Crippen molar-refractivity contribution in [2.24, 2.45) is 0 Å². The molecule has 0 radical (unpaired) electrons. The lowest BCUT2D eigenvalue weighted by molar-refractivity contribution is -0.139. The molecule has 0 aliphatic rings. The van der Waals surface area contributed by atoms with E-state index < -0.39 is 23.7 Å². The quantitative estimate of drug-likeness (QED) is 0.154. The number of unbranched alkanes of at least 4 members (excludes halogenated alkanes) is 12. The lowest BCUT2D eigenvalue weighted by Gasteiger charge is -2.21. The van der Waals surface area contributed by atoms with Crippen molar-refractivity contribution in [2.45, 2.75) is 155 Å². The maximum atomic E-state index is 11.6. The molecule has 0 saturated heterocycles. The molecule has 0 heterocycles. The van der Waals surface area contributed by atoms with Crippen molar-refractivity contribution in [1.82, 2.24) is 10.6 Å². The smallest absolute Gasteiger partial charge is 0.407 e. The first-order valence-corrected chi connectivity index (χ1v) is 13.6. The van der Waals surface area contributed by atoms with Gasteiger partial charge in [-0.1, -0.05) is 84.0 Å². The van der Waals surface area contributed by atoms with Crippen LogP contribution in [0, 0.1) is 0 Å². The molecule has 0 aliphatic heterocycles. The van der Waals surface area contributed by atoms with Gasteiger partial charge in [-0.05, 0) is 53.4 Å². The van der Waals surface area contributed by atoms with Crippen LogP contribution < -0.4 is 10.6 Å². The lowest BCUT2D eigenvalue weighted by atomic mass is 10.0. The Hall–Kier alpha value is -1.30. The lowest BCUT2D eigenvalue weighted by Crippen LogP contribution is -2.42. The van der Waals surface area contributed by atoms with Crippen LogP contribution in [0.2, 0.25) is 0 Å². The largest absolute Gasteiger partial charge is 0.480 e. The molecule has 1 unspecified atom stereocenters. The molecule has 0 bridgehead atoms. The SMILES string of the molecule is CCCCCCCCCCCCCCC(C)N[C@@H](CCCCNC(=O)OC(C)(C)C)C(=O)O. The number of carbonyl (C=O) groups excluding carboxylic acids is 1. The van der Waals surface area contributed by atoms with Crippen LogP contribution in [0.25, 0.3) is 0 Å². The maximum Gasteiger partial charge on any atom is 0.407 e. The number of rotatable bonds is 21. The van der Waals surface area contributed by atoms with Gasteiger partial charge in [0.1, 0.15) is 11.6 Å². The second-order valence-corrected chi connectivity index (χ2v) is 10.6.